The van der Waals surface area contributed by atoms with Gasteiger partial charge in [-0.3, -0.25) is 9.03 Å². The standard InChI is InChI=1S/C17H19ClN2O6S2/c1-25-13-5-7-17(16(11-13)26-2)28(23,24)19-15-6-4-12(10-14(15)18)20-8-3-9-27(20,21)22/h4-7,10-11,19H,3,8-9H2,1-2H3. The number of nitrogens with zero attached hydrogens (tertiary/aromatic N) is 1. The van der Waals surface area contributed by atoms with Gasteiger partial charge in [0.1, 0.15) is 16.4 Å². The number of benzene rings is 2. The van der Waals surface area contributed by atoms with Crippen molar-refractivity contribution in [2.45, 2.75) is 11.3 Å². The maximum Gasteiger partial charge on any atom is 0.265 e. The summed E-state index contributed by atoms with van der Waals surface area (Å²) >= 11 is 6.22. The van der Waals surface area contributed by atoms with E-state index in [-0.39, 0.29) is 27.1 Å². The molecule has 1 N–H and O–H groups in total. The number of anilines is 2. The number of sulfonamides is 2. The molecule has 0 atom stereocenters. The first-order valence-electron chi connectivity index (χ1n) is 8.23. The van der Waals surface area contributed by atoms with E-state index in [0.29, 0.717) is 24.4 Å². The van der Waals surface area contributed by atoms with Crippen LogP contribution in [-0.4, -0.2) is 43.4 Å². The van der Waals surface area contributed by atoms with Gasteiger partial charge in [0.05, 0.1) is 36.4 Å². The van der Waals surface area contributed by atoms with E-state index in [1.165, 1.54) is 54.9 Å². The van der Waals surface area contributed by atoms with Gasteiger partial charge in [-0.2, -0.15) is 0 Å². The molecule has 8 nitrogen and oxygen atoms in total. The van der Waals surface area contributed by atoms with Gasteiger partial charge in [-0.15, -0.1) is 0 Å². The van der Waals surface area contributed by atoms with Crippen molar-refractivity contribution in [1.82, 2.24) is 0 Å². The molecule has 3 rings (SSSR count). The van der Waals surface area contributed by atoms with Crippen LogP contribution < -0.4 is 18.5 Å². The molecule has 1 saturated heterocycles. The van der Waals surface area contributed by atoms with Gasteiger partial charge in [-0.1, -0.05) is 11.6 Å². The summed E-state index contributed by atoms with van der Waals surface area (Å²) in [5.41, 5.74) is 0.521. The van der Waals surface area contributed by atoms with Crippen LogP contribution >= 0.6 is 11.6 Å². The van der Waals surface area contributed by atoms with Crippen LogP contribution in [0.5, 0.6) is 11.5 Å². The Labute approximate surface area is 169 Å². The smallest absolute Gasteiger partial charge is 0.265 e. The lowest BCUT2D eigenvalue weighted by Gasteiger charge is -2.18. The summed E-state index contributed by atoms with van der Waals surface area (Å²) in [5, 5.41) is 0.0793. The number of hydrogen-bond donors (Lipinski definition) is 1. The Morgan fingerprint density at radius 3 is 2.43 bits per heavy atom. The van der Waals surface area contributed by atoms with Crippen LogP contribution in [0.4, 0.5) is 11.4 Å². The van der Waals surface area contributed by atoms with Crippen molar-refractivity contribution < 1.29 is 26.3 Å². The minimum atomic E-state index is -4.01. The second-order valence-corrected chi connectivity index (χ2v) is 10.1. The molecule has 0 amide bonds. The third-order valence-electron chi connectivity index (χ3n) is 4.24. The minimum Gasteiger partial charge on any atom is -0.497 e. The molecule has 0 saturated carbocycles. The van der Waals surface area contributed by atoms with Gasteiger partial charge in [0.25, 0.3) is 10.0 Å². The number of methoxy groups -OCH3 is 2. The van der Waals surface area contributed by atoms with Crippen LogP contribution in [0, 0.1) is 0 Å². The van der Waals surface area contributed by atoms with E-state index in [0.717, 1.165) is 0 Å². The molecule has 0 aliphatic carbocycles. The summed E-state index contributed by atoms with van der Waals surface area (Å²) < 4.78 is 63.5. The molecule has 0 unspecified atom stereocenters. The Morgan fingerprint density at radius 2 is 1.86 bits per heavy atom. The van der Waals surface area contributed by atoms with Gasteiger partial charge in [-0.05, 0) is 36.8 Å². The Balaban J connectivity index is 1.91. The van der Waals surface area contributed by atoms with Crippen LogP contribution in [0.2, 0.25) is 5.02 Å². The molecule has 0 spiro atoms. The second-order valence-electron chi connectivity index (χ2n) is 6.03. The number of rotatable bonds is 6. The third-order valence-corrected chi connectivity index (χ3v) is 7.83. The molecule has 152 valence electrons. The van der Waals surface area contributed by atoms with Crippen molar-refractivity contribution in [2.75, 3.05) is 35.5 Å². The zero-order valence-corrected chi connectivity index (χ0v) is 17.6. The molecule has 0 bridgehead atoms. The lowest BCUT2D eigenvalue weighted by molar-refractivity contribution is 0.386. The molecule has 0 radical (unpaired) electrons. The topological polar surface area (TPSA) is 102 Å². The van der Waals surface area contributed by atoms with Crippen LogP contribution in [0.25, 0.3) is 0 Å². The van der Waals surface area contributed by atoms with Gasteiger partial charge in [-0.25, -0.2) is 16.8 Å². The fourth-order valence-electron chi connectivity index (χ4n) is 2.87. The highest BCUT2D eigenvalue weighted by molar-refractivity contribution is 7.93. The summed E-state index contributed by atoms with van der Waals surface area (Å²) in [7, 11) is -4.55. The van der Waals surface area contributed by atoms with E-state index in [9.17, 15) is 16.8 Å². The first-order valence-corrected chi connectivity index (χ1v) is 11.7. The Morgan fingerprint density at radius 1 is 1.11 bits per heavy atom. The van der Waals surface area contributed by atoms with E-state index in [1.54, 1.807) is 0 Å². The maximum absolute atomic E-state index is 12.8. The maximum atomic E-state index is 12.8. The van der Waals surface area contributed by atoms with Crippen LogP contribution in [0.1, 0.15) is 6.42 Å². The number of ether oxygens (including phenoxy) is 2. The Kier molecular flexibility index (Phi) is 5.64. The average Bonchev–Trinajstić information content (AvgIpc) is 3.01. The summed E-state index contributed by atoms with van der Waals surface area (Å²) in [5.74, 6) is 0.642. The van der Waals surface area contributed by atoms with E-state index < -0.39 is 20.0 Å². The summed E-state index contributed by atoms with van der Waals surface area (Å²) in [4.78, 5) is -0.0851. The van der Waals surface area contributed by atoms with Gasteiger partial charge in [0, 0.05) is 12.6 Å². The van der Waals surface area contributed by atoms with E-state index >= 15 is 0 Å². The quantitative estimate of drug-likeness (QED) is 0.731. The van der Waals surface area contributed by atoms with Gasteiger partial charge >= 0.3 is 0 Å². The first kappa shape index (κ1) is 20.6. The molecule has 11 heteroatoms. The molecule has 2 aromatic carbocycles. The highest BCUT2D eigenvalue weighted by atomic mass is 35.5. The second kappa shape index (κ2) is 7.69. The van der Waals surface area contributed by atoms with Crippen molar-refractivity contribution in [1.29, 1.82) is 0 Å². The molecule has 1 aliphatic rings. The van der Waals surface area contributed by atoms with E-state index in [4.69, 9.17) is 21.1 Å². The molecule has 1 fully saturated rings. The van der Waals surface area contributed by atoms with E-state index in [1.807, 2.05) is 0 Å². The van der Waals surface area contributed by atoms with Gasteiger partial charge in [0.2, 0.25) is 10.0 Å². The number of hydrogen-bond acceptors (Lipinski definition) is 6. The zero-order valence-electron chi connectivity index (χ0n) is 15.2. The summed E-state index contributed by atoms with van der Waals surface area (Å²) in [6, 6.07) is 8.68. The predicted molar refractivity (Wildman–Crippen MR) is 108 cm³/mol. The lowest BCUT2D eigenvalue weighted by atomic mass is 10.3. The number of halogens is 1. The fraction of sp³-hybridized carbons (Fsp3) is 0.294. The SMILES string of the molecule is COc1ccc(S(=O)(=O)Nc2ccc(N3CCCS3(=O)=O)cc2Cl)c(OC)c1. The fourth-order valence-corrected chi connectivity index (χ4v) is 5.93. The van der Waals surface area contributed by atoms with E-state index in [2.05, 4.69) is 4.72 Å². The average molecular weight is 447 g/mol. The highest BCUT2D eigenvalue weighted by Gasteiger charge is 2.29. The monoisotopic (exact) mass is 446 g/mol. The van der Waals surface area contributed by atoms with Crippen molar-refractivity contribution in [3.8, 4) is 11.5 Å². The van der Waals surface area contributed by atoms with Crippen LogP contribution in [0.3, 0.4) is 0 Å². The highest BCUT2D eigenvalue weighted by Crippen LogP contribution is 2.34. The summed E-state index contributed by atoms with van der Waals surface area (Å²) in [6.45, 7) is 0.368. The van der Waals surface area contributed by atoms with Gasteiger partial charge < -0.3 is 9.47 Å². The molecule has 28 heavy (non-hydrogen) atoms. The molecular weight excluding hydrogens is 428 g/mol. The predicted octanol–water partition coefficient (Wildman–Crippen LogP) is 2.70. The number of nitrogens with one attached hydrogen (secondary N) is 1. The van der Waals surface area contributed by atoms with Crippen LogP contribution in [0.15, 0.2) is 41.3 Å². The van der Waals surface area contributed by atoms with Crippen molar-refractivity contribution in [3.05, 3.63) is 41.4 Å². The zero-order chi connectivity index (χ0) is 20.5. The van der Waals surface area contributed by atoms with Crippen molar-refractivity contribution >= 4 is 43.0 Å². The van der Waals surface area contributed by atoms with Gasteiger partial charge in [0.15, 0.2) is 0 Å². The largest absolute Gasteiger partial charge is 0.497 e. The minimum absolute atomic E-state index is 0.0793. The van der Waals surface area contributed by atoms with Crippen molar-refractivity contribution in [3.63, 3.8) is 0 Å². The van der Waals surface area contributed by atoms with Crippen LogP contribution in [-0.2, 0) is 20.0 Å². The molecule has 1 heterocycles. The molecular formula is C17H19ClN2O6S2. The van der Waals surface area contributed by atoms with Crippen molar-refractivity contribution in [2.24, 2.45) is 0 Å². The molecule has 0 aromatic heterocycles. The molecule has 2 aromatic rings. The molecule has 1 aliphatic heterocycles. The Bertz CT molecular complexity index is 1100. The third kappa shape index (κ3) is 3.98. The summed E-state index contributed by atoms with van der Waals surface area (Å²) in [6.07, 6.45) is 0.533. The first-order chi connectivity index (χ1) is 13.2. The lowest BCUT2D eigenvalue weighted by Crippen LogP contribution is -2.25. The Hall–Kier alpha value is -2.17. The normalized spacial score (nSPS) is 16.0.